The van der Waals surface area contributed by atoms with Gasteiger partial charge in [0, 0.05) is 18.3 Å². The monoisotopic (exact) mass is 249 g/mol. The average Bonchev–Trinajstić information content (AvgIpc) is 2.88. The summed E-state index contributed by atoms with van der Waals surface area (Å²) in [7, 11) is 1.45. The molecule has 0 atom stereocenters. The summed E-state index contributed by atoms with van der Waals surface area (Å²) in [4.78, 5) is 21.1. The lowest BCUT2D eigenvalue weighted by molar-refractivity contribution is -0.384. The molecule has 0 fully saturated rings. The van der Waals surface area contributed by atoms with Crippen LogP contribution in [-0.4, -0.2) is 27.0 Å². The number of methoxy groups -OCH3 is 1. The van der Waals surface area contributed by atoms with Crippen LogP contribution in [-0.2, 0) is 6.54 Å². The van der Waals surface area contributed by atoms with Gasteiger partial charge in [-0.15, -0.1) is 0 Å². The van der Waals surface area contributed by atoms with Gasteiger partial charge >= 0.3 is 5.69 Å². The molecule has 0 saturated heterocycles. The molecular formula is C10H11N5O3. The van der Waals surface area contributed by atoms with Gasteiger partial charge in [-0.3, -0.25) is 10.1 Å². The number of H-pyrrole nitrogens is 1. The maximum atomic E-state index is 10.8. The molecule has 0 bridgehead atoms. The first-order chi connectivity index (χ1) is 8.70. The van der Waals surface area contributed by atoms with Crippen LogP contribution in [0.2, 0.25) is 0 Å². The predicted octanol–water partition coefficient (Wildman–Crippen LogP) is 1.33. The third-order valence-electron chi connectivity index (χ3n) is 2.26. The van der Waals surface area contributed by atoms with E-state index >= 15 is 0 Å². The quantitative estimate of drug-likeness (QED) is 0.611. The van der Waals surface area contributed by atoms with Gasteiger partial charge in [-0.05, 0) is 0 Å². The minimum absolute atomic E-state index is 0.102. The maximum Gasteiger partial charge on any atom is 0.311 e. The van der Waals surface area contributed by atoms with Crippen LogP contribution in [0, 0.1) is 10.1 Å². The minimum atomic E-state index is -0.498. The molecule has 0 aromatic carbocycles. The summed E-state index contributed by atoms with van der Waals surface area (Å²) >= 11 is 0. The summed E-state index contributed by atoms with van der Waals surface area (Å²) in [5, 5.41) is 13.7. The van der Waals surface area contributed by atoms with E-state index in [1.165, 1.54) is 25.6 Å². The molecule has 0 unspecified atom stereocenters. The summed E-state index contributed by atoms with van der Waals surface area (Å²) in [6.07, 6.45) is 3.16. The van der Waals surface area contributed by atoms with Gasteiger partial charge in [-0.2, -0.15) is 4.98 Å². The third-order valence-corrected chi connectivity index (χ3v) is 2.26. The number of nitrogens with one attached hydrogen (secondary N) is 2. The van der Waals surface area contributed by atoms with Crippen molar-refractivity contribution in [2.24, 2.45) is 0 Å². The molecule has 2 heterocycles. The number of pyridine rings is 1. The first-order valence-corrected chi connectivity index (χ1v) is 5.11. The molecule has 2 aromatic heterocycles. The van der Waals surface area contributed by atoms with E-state index in [4.69, 9.17) is 4.74 Å². The van der Waals surface area contributed by atoms with E-state index in [0.29, 0.717) is 12.4 Å². The normalized spacial score (nSPS) is 10.1. The van der Waals surface area contributed by atoms with E-state index < -0.39 is 4.92 Å². The molecule has 0 aliphatic rings. The standard InChI is InChI=1S/C10H11N5O3/c1-18-9-3-2-8(15(16)17)10(14-9)12-5-7-4-11-6-13-7/h2-4,6H,5H2,1H3,(H,11,13)(H,12,14). The fourth-order valence-corrected chi connectivity index (χ4v) is 1.39. The number of hydrogen-bond acceptors (Lipinski definition) is 6. The average molecular weight is 249 g/mol. The number of rotatable bonds is 5. The van der Waals surface area contributed by atoms with Crippen molar-refractivity contribution in [2.45, 2.75) is 6.54 Å². The van der Waals surface area contributed by atoms with Crippen LogP contribution in [0.4, 0.5) is 11.5 Å². The molecule has 2 N–H and O–H groups in total. The van der Waals surface area contributed by atoms with Crippen molar-refractivity contribution < 1.29 is 9.66 Å². The van der Waals surface area contributed by atoms with Crippen LogP contribution in [0.25, 0.3) is 0 Å². The molecule has 94 valence electrons. The molecular weight excluding hydrogens is 238 g/mol. The van der Waals surface area contributed by atoms with Gasteiger partial charge in [0.15, 0.2) is 0 Å². The lowest BCUT2D eigenvalue weighted by Gasteiger charge is -2.06. The summed E-state index contributed by atoms with van der Waals surface area (Å²) < 4.78 is 4.93. The zero-order valence-electron chi connectivity index (χ0n) is 9.58. The molecule has 0 aliphatic carbocycles. The van der Waals surface area contributed by atoms with Gasteiger partial charge in [0.1, 0.15) is 0 Å². The predicted molar refractivity (Wildman–Crippen MR) is 63.4 cm³/mol. The first kappa shape index (κ1) is 11.8. The van der Waals surface area contributed by atoms with Gasteiger partial charge in [-0.25, -0.2) is 4.98 Å². The molecule has 8 heteroatoms. The lowest BCUT2D eigenvalue weighted by atomic mass is 10.3. The number of anilines is 1. The molecule has 0 radical (unpaired) electrons. The number of ether oxygens (including phenoxy) is 1. The van der Waals surface area contributed by atoms with Crippen molar-refractivity contribution in [3.8, 4) is 5.88 Å². The Balaban J connectivity index is 2.20. The Labute approximate surface area is 102 Å². The zero-order chi connectivity index (χ0) is 13.0. The van der Waals surface area contributed by atoms with E-state index in [9.17, 15) is 10.1 Å². The van der Waals surface area contributed by atoms with Gasteiger partial charge in [0.2, 0.25) is 11.7 Å². The Morgan fingerprint density at radius 2 is 2.39 bits per heavy atom. The Morgan fingerprint density at radius 1 is 1.56 bits per heavy atom. The Kier molecular flexibility index (Phi) is 3.37. The fourth-order valence-electron chi connectivity index (χ4n) is 1.39. The summed E-state index contributed by atoms with van der Waals surface area (Å²) in [5.41, 5.74) is 0.698. The van der Waals surface area contributed by atoms with Crippen molar-refractivity contribution >= 4 is 11.5 Å². The lowest BCUT2D eigenvalue weighted by Crippen LogP contribution is -2.05. The number of aromatic amines is 1. The zero-order valence-corrected chi connectivity index (χ0v) is 9.58. The van der Waals surface area contributed by atoms with E-state index in [1.54, 1.807) is 6.20 Å². The smallest absolute Gasteiger partial charge is 0.311 e. The highest BCUT2D eigenvalue weighted by molar-refractivity contribution is 5.57. The Bertz CT molecular complexity index is 540. The van der Waals surface area contributed by atoms with Crippen molar-refractivity contribution in [1.29, 1.82) is 0 Å². The van der Waals surface area contributed by atoms with Crippen LogP contribution in [0.3, 0.4) is 0 Å². The van der Waals surface area contributed by atoms with E-state index in [0.717, 1.165) is 5.69 Å². The Hall–Kier alpha value is -2.64. The van der Waals surface area contributed by atoms with Crippen molar-refractivity contribution in [3.63, 3.8) is 0 Å². The van der Waals surface area contributed by atoms with Crippen molar-refractivity contribution in [1.82, 2.24) is 15.0 Å². The van der Waals surface area contributed by atoms with E-state index in [-0.39, 0.29) is 11.5 Å². The molecule has 18 heavy (non-hydrogen) atoms. The molecule has 8 nitrogen and oxygen atoms in total. The topological polar surface area (TPSA) is 106 Å². The highest BCUT2D eigenvalue weighted by Crippen LogP contribution is 2.25. The molecule has 0 aliphatic heterocycles. The largest absolute Gasteiger partial charge is 0.481 e. The molecule has 0 spiro atoms. The molecule has 2 rings (SSSR count). The highest BCUT2D eigenvalue weighted by atomic mass is 16.6. The molecule has 0 saturated carbocycles. The van der Waals surface area contributed by atoms with Crippen LogP contribution in [0.5, 0.6) is 5.88 Å². The number of imidazole rings is 1. The van der Waals surface area contributed by atoms with Crippen LogP contribution in [0.1, 0.15) is 5.69 Å². The molecule has 2 aromatic rings. The van der Waals surface area contributed by atoms with Gasteiger partial charge < -0.3 is 15.0 Å². The Morgan fingerprint density at radius 3 is 3.00 bits per heavy atom. The number of aromatic nitrogens is 3. The SMILES string of the molecule is COc1ccc([N+](=O)[O-])c(NCc2cnc[nH]2)n1. The first-order valence-electron chi connectivity index (χ1n) is 5.11. The summed E-state index contributed by atoms with van der Waals surface area (Å²) in [6, 6.07) is 2.79. The van der Waals surface area contributed by atoms with Gasteiger partial charge in [0.05, 0.1) is 30.6 Å². The fraction of sp³-hybridized carbons (Fsp3) is 0.200. The van der Waals surface area contributed by atoms with Crippen molar-refractivity contribution in [3.05, 3.63) is 40.5 Å². The summed E-state index contributed by atoms with van der Waals surface area (Å²) in [6.45, 7) is 0.362. The van der Waals surface area contributed by atoms with Gasteiger partial charge in [-0.1, -0.05) is 0 Å². The third kappa shape index (κ3) is 2.54. The van der Waals surface area contributed by atoms with Crippen LogP contribution >= 0.6 is 0 Å². The van der Waals surface area contributed by atoms with Crippen LogP contribution < -0.4 is 10.1 Å². The van der Waals surface area contributed by atoms with Crippen molar-refractivity contribution in [2.75, 3.05) is 12.4 Å². The second kappa shape index (κ2) is 5.13. The second-order valence-corrected chi connectivity index (χ2v) is 3.41. The highest BCUT2D eigenvalue weighted by Gasteiger charge is 2.16. The van der Waals surface area contributed by atoms with E-state index in [2.05, 4.69) is 20.3 Å². The van der Waals surface area contributed by atoms with Crippen LogP contribution in [0.15, 0.2) is 24.7 Å². The minimum Gasteiger partial charge on any atom is -0.481 e. The number of nitro groups is 1. The van der Waals surface area contributed by atoms with E-state index in [1.807, 2.05) is 0 Å². The van der Waals surface area contributed by atoms with Gasteiger partial charge in [0.25, 0.3) is 0 Å². The number of hydrogen-bond donors (Lipinski definition) is 2. The number of nitrogens with zero attached hydrogens (tertiary/aromatic N) is 3. The maximum absolute atomic E-state index is 10.8. The molecule has 0 amide bonds. The second-order valence-electron chi connectivity index (χ2n) is 3.41. The summed E-state index contributed by atoms with van der Waals surface area (Å²) in [5.74, 6) is 0.474.